The second-order valence-corrected chi connectivity index (χ2v) is 4.76. The van der Waals surface area contributed by atoms with Gasteiger partial charge in [-0.05, 0) is 25.1 Å². The maximum Gasteiger partial charge on any atom is 0.253 e. The fourth-order valence-corrected chi connectivity index (χ4v) is 2.09. The van der Waals surface area contributed by atoms with Gasteiger partial charge in [-0.3, -0.25) is 4.79 Å². The summed E-state index contributed by atoms with van der Waals surface area (Å²) in [6.45, 7) is 2.70. The van der Waals surface area contributed by atoms with Gasteiger partial charge in [0.15, 0.2) is 0 Å². The van der Waals surface area contributed by atoms with Gasteiger partial charge in [-0.25, -0.2) is 0 Å². The molecule has 1 rings (SSSR count). The minimum absolute atomic E-state index is 0.0791. The molecule has 1 aromatic rings. The van der Waals surface area contributed by atoms with Crippen LogP contribution in [-0.4, -0.2) is 34.9 Å². The molecule has 1 aromatic carbocycles. The van der Waals surface area contributed by atoms with Gasteiger partial charge in [-0.2, -0.15) is 0 Å². The Morgan fingerprint density at radius 2 is 1.95 bits per heavy atom. The van der Waals surface area contributed by atoms with Crippen LogP contribution in [0.2, 0.25) is 10.0 Å². The molecule has 0 unspecified atom stereocenters. The van der Waals surface area contributed by atoms with Crippen molar-refractivity contribution in [2.24, 2.45) is 10.9 Å². The summed E-state index contributed by atoms with van der Waals surface area (Å²) in [7, 11) is 0. The third-order valence-electron chi connectivity index (χ3n) is 2.54. The predicted octanol–water partition coefficient (Wildman–Crippen LogP) is 2.59. The minimum atomic E-state index is -0.197. The van der Waals surface area contributed by atoms with Crippen molar-refractivity contribution in [3.05, 3.63) is 33.8 Å². The largest absolute Gasteiger partial charge is 0.409 e. The van der Waals surface area contributed by atoms with Crippen molar-refractivity contribution in [2.75, 3.05) is 13.1 Å². The molecule has 0 aromatic heterocycles. The average molecular weight is 304 g/mol. The first-order chi connectivity index (χ1) is 8.97. The van der Waals surface area contributed by atoms with Gasteiger partial charge in [0.1, 0.15) is 5.84 Å². The molecule has 1 amide bonds. The first-order valence-corrected chi connectivity index (χ1v) is 6.45. The summed E-state index contributed by atoms with van der Waals surface area (Å²) in [6.07, 6.45) is 0.296. The maximum absolute atomic E-state index is 12.2. The van der Waals surface area contributed by atoms with Gasteiger partial charge >= 0.3 is 0 Å². The number of hydrogen-bond donors (Lipinski definition) is 2. The minimum Gasteiger partial charge on any atom is -0.409 e. The summed E-state index contributed by atoms with van der Waals surface area (Å²) in [6, 6.07) is 4.68. The molecule has 7 heteroatoms. The SMILES string of the molecule is CCN(CCC(N)=NO)C(=O)c1cc(Cl)cc(Cl)c1. The highest BCUT2D eigenvalue weighted by Gasteiger charge is 2.15. The summed E-state index contributed by atoms with van der Waals surface area (Å²) in [5.41, 5.74) is 5.80. The zero-order valence-electron chi connectivity index (χ0n) is 10.4. The van der Waals surface area contributed by atoms with Crippen molar-refractivity contribution in [2.45, 2.75) is 13.3 Å². The van der Waals surface area contributed by atoms with Crippen LogP contribution in [0.3, 0.4) is 0 Å². The third-order valence-corrected chi connectivity index (χ3v) is 2.98. The van der Waals surface area contributed by atoms with Crippen LogP contribution >= 0.6 is 23.2 Å². The number of amidine groups is 1. The number of hydrogen-bond acceptors (Lipinski definition) is 3. The molecule has 0 radical (unpaired) electrons. The van der Waals surface area contributed by atoms with Crippen LogP contribution in [0.1, 0.15) is 23.7 Å². The molecule has 0 aliphatic carbocycles. The number of benzene rings is 1. The van der Waals surface area contributed by atoms with Gasteiger partial charge in [0, 0.05) is 35.1 Å². The smallest absolute Gasteiger partial charge is 0.253 e. The Labute approximate surface area is 121 Å². The van der Waals surface area contributed by atoms with E-state index in [0.717, 1.165) is 0 Å². The number of oxime groups is 1. The van der Waals surface area contributed by atoms with Crippen molar-refractivity contribution in [1.29, 1.82) is 0 Å². The number of carbonyl (C=O) groups excluding carboxylic acids is 1. The van der Waals surface area contributed by atoms with E-state index >= 15 is 0 Å². The maximum atomic E-state index is 12.2. The lowest BCUT2D eigenvalue weighted by atomic mass is 10.2. The fraction of sp³-hybridized carbons (Fsp3) is 0.333. The molecule has 0 spiro atoms. The van der Waals surface area contributed by atoms with Gasteiger partial charge in [-0.15, -0.1) is 0 Å². The molecule has 0 saturated carbocycles. The second kappa shape index (κ2) is 7.21. The van der Waals surface area contributed by atoms with Gasteiger partial charge < -0.3 is 15.8 Å². The molecular weight excluding hydrogens is 289 g/mol. The first-order valence-electron chi connectivity index (χ1n) is 5.69. The molecule has 19 heavy (non-hydrogen) atoms. The van der Waals surface area contributed by atoms with Crippen LogP contribution in [0.4, 0.5) is 0 Å². The van der Waals surface area contributed by atoms with Gasteiger partial charge in [0.05, 0.1) is 0 Å². The van der Waals surface area contributed by atoms with Crippen LogP contribution < -0.4 is 5.73 Å². The number of carbonyl (C=O) groups is 1. The highest BCUT2D eigenvalue weighted by molar-refractivity contribution is 6.35. The van der Waals surface area contributed by atoms with Crippen LogP contribution in [-0.2, 0) is 0 Å². The standard InChI is InChI=1S/C12H15Cl2N3O2/c1-2-17(4-3-11(15)16-19)12(18)8-5-9(13)7-10(14)6-8/h5-7,19H,2-4H2,1H3,(H2,15,16). The lowest BCUT2D eigenvalue weighted by Crippen LogP contribution is -2.34. The molecule has 0 fully saturated rings. The Kier molecular flexibility index (Phi) is 5.92. The number of rotatable bonds is 5. The van der Waals surface area contributed by atoms with Crippen molar-refractivity contribution < 1.29 is 10.0 Å². The molecule has 3 N–H and O–H groups in total. The quantitative estimate of drug-likeness (QED) is 0.380. The van der Waals surface area contributed by atoms with Gasteiger partial charge in [0.25, 0.3) is 5.91 Å². The fourth-order valence-electron chi connectivity index (χ4n) is 1.56. The number of amides is 1. The van der Waals surface area contributed by atoms with E-state index in [9.17, 15) is 4.79 Å². The van der Waals surface area contributed by atoms with Crippen LogP contribution in [0.25, 0.3) is 0 Å². The molecule has 0 aliphatic rings. The Hall–Kier alpha value is -1.46. The number of nitrogens with two attached hydrogens (primary N) is 1. The molecule has 5 nitrogen and oxygen atoms in total. The van der Waals surface area contributed by atoms with Crippen molar-refractivity contribution >= 4 is 34.9 Å². The van der Waals surface area contributed by atoms with E-state index in [2.05, 4.69) is 5.16 Å². The van der Waals surface area contributed by atoms with Crippen molar-refractivity contribution in [3.63, 3.8) is 0 Å². The van der Waals surface area contributed by atoms with E-state index in [1.165, 1.54) is 0 Å². The first kappa shape index (κ1) is 15.6. The van der Waals surface area contributed by atoms with Gasteiger partial charge in [0.2, 0.25) is 0 Å². The topological polar surface area (TPSA) is 78.9 Å². The van der Waals surface area contributed by atoms with Gasteiger partial charge in [-0.1, -0.05) is 28.4 Å². The molecule has 0 aliphatic heterocycles. The Morgan fingerprint density at radius 1 is 1.37 bits per heavy atom. The summed E-state index contributed by atoms with van der Waals surface area (Å²) in [5, 5.41) is 12.2. The normalized spacial score (nSPS) is 11.4. The van der Waals surface area contributed by atoms with E-state index < -0.39 is 0 Å². The van der Waals surface area contributed by atoms with Crippen LogP contribution in [0.5, 0.6) is 0 Å². The Bertz CT molecular complexity index is 472. The second-order valence-electron chi connectivity index (χ2n) is 3.88. The Morgan fingerprint density at radius 3 is 2.42 bits per heavy atom. The molecule has 104 valence electrons. The molecule has 0 bridgehead atoms. The summed E-state index contributed by atoms with van der Waals surface area (Å²) in [4.78, 5) is 13.8. The summed E-state index contributed by atoms with van der Waals surface area (Å²) < 4.78 is 0. The van der Waals surface area contributed by atoms with E-state index in [-0.39, 0.29) is 11.7 Å². The summed E-state index contributed by atoms with van der Waals surface area (Å²) in [5.74, 6) is -0.118. The monoisotopic (exact) mass is 303 g/mol. The zero-order chi connectivity index (χ0) is 14.4. The van der Waals surface area contributed by atoms with E-state index in [1.54, 1.807) is 23.1 Å². The lowest BCUT2D eigenvalue weighted by Gasteiger charge is -2.20. The van der Waals surface area contributed by atoms with Crippen molar-refractivity contribution in [1.82, 2.24) is 4.90 Å². The van der Waals surface area contributed by atoms with E-state index in [4.69, 9.17) is 34.1 Å². The predicted molar refractivity (Wildman–Crippen MR) is 76.1 cm³/mol. The summed E-state index contributed by atoms with van der Waals surface area (Å²) >= 11 is 11.7. The average Bonchev–Trinajstić information content (AvgIpc) is 2.37. The molecule has 0 heterocycles. The third kappa shape index (κ3) is 4.61. The van der Waals surface area contributed by atoms with Crippen LogP contribution in [0, 0.1) is 0 Å². The van der Waals surface area contributed by atoms with E-state index in [0.29, 0.717) is 35.1 Å². The zero-order valence-corrected chi connectivity index (χ0v) is 11.9. The highest BCUT2D eigenvalue weighted by Crippen LogP contribution is 2.20. The lowest BCUT2D eigenvalue weighted by molar-refractivity contribution is 0.0768. The molecular formula is C12H15Cl2N3O2. The van der Waals surface area contributed by atoms with Crippen molar-refractivity contribution in [3.8, 4) is 0 Å². The van der Waals surface area contributed by atoms with E-state index in [1.807, 2.05) is 6.92 Å². The number of nitrogens with zero attached hydrogens (tertiary/aromatic N) is 2. The number of halogens is 2. The van der Waals surface area contributed by atoms with Crippen LogP contribution in [0.15, 0.2) is 23.4 Å². The highest BCUT2D eigenvalue weighted by atomic mass is 35.5. The molecule has 0 atom stereocenters. The molecule has 0 saturated heterocycles. The Balaban J connectivity index is 2.83.